The van der Waals surface area contributed by atoms with Crippen molar-refractivity contribution in [2.75, 3.05) is 6.54 Å². The van der Waals surface area contributed by atoms with E-state index in [0.717, 1.165) is 11.3 Å². The van der Waals surface area contributed by atoms with Gasteiger partial charge in [-0.15, -0.1) is 5.92 Å². The lowest BCUT2D eigenvalue weighted by Gasteiger charge is -1.98. The summed E-state index contributed by atoms with van der Waals surface area (Å²) < 4.78 is 25.5. The Balaban J connectivity index is 2.79. The summed E-state index contributed by atoms with van der Waals surface area (Å²) in [4.78, 5) is 3.64. The molecule has 7 heteroatoms. The summed E-state index contributed by atoms with van der Waals surface area (Å²) >= 11 is 6.42. The SMILES string of the molecule is CC#CCNS(=O)(=O)c1cnc(Cl)s1. The Morgan fingerprint density at radius 3 is 2.93 bits per heavy atom. The monoisotopic (exact) mass is 250 g/mol. The van der Waals surface area contributed by atoms with E-state index in [-0.39, 0.29) is 15.2 Å². The van der Waals surface area contributed by atoms with E-state index in [0.29, 0.717) is 0 Å². The molecule has 1 aromatic heterocycles. The summed E-state index contributed by atoms with van der Waals surface area (Å²) in [6.45, 7) is 1.73. The van der Waals surface area contributed by atoms with Crippen LogP contribution in [0.5, 0.6) is 0 Å². The third kappa shape index (κ3) is 2.96. The van der Waals surface area contributed by atoms with Crippen LogP contribution in [0.15, 0.2) is 10.4 Å². The molecule has 1 aromatic rings. The molecular formula is C7H7ClN2O2S2. The van der Waals surface area contributed by atoms with Crippen LogP contribution in [0.25, 0.3) is 0 Å². The molecule has 0 fully saturated rings. The molecule has 0 saturated carbocycles. The first-order valence-corrected chi connectivity index (χ1v) is 6.24. The van der Waals surface area contributed by atoms with Crippen LogP contribution in [0.3, 0.4) is 0 Å². The molecule has 0 aliphatic carbocycles. The van der Waals surface area contributed by atoms with Gasteiger partial charge in [-0.2, -0.15) is 4.72 Å². The smallest absolute Gasteiger partial charge is 0.232 e. The Kier molecular flexibility index (Phi) is 3.89. The standard InChI is InChI=1S/C7H7ClN2O2S2/c1-2-3-4-10-14(11,12)6-5-9-7(8)13-6/h5,10H,4H2,1H3. The van der Waals surface area contributed by atoms with Crippen LogP contribution >= 0.6 is 22.9 Å². The van der Waals surface area contributed by atoms with E-state index in [1.54, 1.807) is 6.92 Å². The number of nitrogens with zero attached hydrogens (tertiary/aromatic N) is 1. The molecule has 0 aliphatic heterocycles. The van der Waals surface area contributed by atoms with Crippen LogP contribution in [-0.2, 0) is 10.0 Å². The van der Waals surface area contributed by atoms with E-state index < -0.39 is 10.0 Å². The summed E-state index contributed by atoms with van der Waals surface area (Å²) in [7, 11) is -3.49. The number of sulfonamides is 1. The van der Waals surface area contributed by atoms with Crippen molar-refractivity contribution in [3.05, 3.63) is 10.7 Å². The highest BCUT2D eigenvalue weighted by Crippen LogP contribution is 2.21. The van der Waals surface area contributed by atoms with E-state index >= 15 is 0 Å². The fraction of sp³-hybridized carbons (Fsp3) is 0.286. The molecule has 0 bridgehead atoms. The van der Waals surface area contributed by atoms with Crippen LogP contribution in [0.4, 0.5) is 0 Å². The first-order chi connectivity index (χ1) is 6.56. The molecule has 4 nitrogen and oxygen atoms in total. The Morgan fingerprint density at radius 2 is 2.43 bits per heavy atom. The van der Waals surface area contributed by atoms with Gasteiger partial charge in [-0.3, -0.25) is 0 Å². The first-order valence-electron chi connectivity index (χ1n) is 3.57. The van der Waals surface area contributed by atoms with Crippen molar-refractivity contribution in [3.8, 4) is 11.8 Å². The average molecular weight is 251 g/mol. The summed E-state index contributed by atoms with van der Waals surface area (Å²) in [5, 5.41) is 0. The first kappa shape index (κ1) is 11.5. The minimum absolute atomic E-state index is 0.0916. The summed E-state index contributed by atoms with van der Waals surface area (Å²) in [5.74, 6) is 5.17. The quantitative estimate of drug-likeness (QED) is 0.818. The minimum atomic E-state index is -3.49. The number of rotatable bonds is 3. The van der Waals surface area contributed by atoms with Crippen LogP contribution < -0.4 is 4.72 Å². The van der Waals surface area contributed by atoms with Gasteiger partial charge in [-0.1, -0.05) is 28.9 Å². The van der Waals surface area contributed by atoms with Crippen molar-refractivity contribution >= 4 is 33.0 Å². The molecule has 76 valence electrons. The van der Waals surface area contributed by atoms with Crippen molar-refractivity contribution in [2.45, 2.75) is 11.1 Å². The third-order valence-electron chi connectivity index (χ3n) is 1.25. The highest BCUT2D eigenvalue weighted by atomic mass is 35.5. The van der Waals surface area contributed by atoms with Crippen LogP contribution in [0, 0.1) is 11.8 Å². The molecule has 0 radical (unpaired) electrons. The predicted octanol–water partition coefficient (Wildman–Crippen LogP) is 1.10. The normalized spacial score (nSPS) is 10.7. The fourth-order valence-electron chi connectivity index (χ4n) is 0.654. The second-order valence-corrected chi connectivity index (χ2v) is 5.79. The topological polar surface area (TPSA) is 59.1 Å². The van der Waals surface area contributed by atoms with Gasteiger partial charge in [0.2, 0.25) is 0 Å². The van der Waals surface area contributed by atoms with Crippen LogP contribution in [0.2, 0.25) is 4.47 Å². The Bertz CT molecular complexity index is 469. The summed E-state index contributed by atoms with van der Waals surface area (Å²) in [6.07, 6.45) is 1.22. The Labute approximate surface area is 91.4 Å². The van der Waals surface area contributed by atoms with Crippen molar-refractivity contribution in [1.29, 1.82) is 0 Å². The predicted molar refractivity (Wildman–Crippen MR) is 55.8 cm³/mol. The third-order valence-corrected chi connectivity index (χ3v) is 4.23. The Hall–Kier alpha value is -0.610. The zero-order valence-electron chi connectivity index (χ0n) is 7.24. The molecule has 14 heavy (non-hydrogen) atoms. The van der Waals surface area contributed by atoms with Gasteiger partial charge in [0.25, 0.3) is 10.0 Å². The van der Waals surface area contributed by atoms with Gasteiger partial charge in [-0.05, 0) is 6.92 Å². The van der Waals surface area contributed by atoms with Gasteiger partial charge >= 0.3 is 0 Å². The van der Waals surface area contributed by atoms with Crippen LogP contribution in [0.1, 0.15) is 6.92 Å². The van der Waals surface area contributed by atoms with Gasteiger partial charge in [-0.25, -0.2) is 13.4 Å². The zero-order chi connectivity index (χ0) is 10.6. The lowest BCUT2D eigenvalue weighted by molar-refractivity contribution is 0.588. The minimum Gasteiger partial charge on any atom is -0.232 e. The number of aromatic nitrogens is 1. The molecule has 0 amide bonds. The Morgan fingerprint density at radius 1 is 1.71 bits per heavy atom. The molecule has 1 rings (SSSR count). The highest BCUT2D eigenvalue weighted by Gasteiger charge is 2.15. The maximum atomic E-state index is 11.5. The lowest BCUT2D eigenvalue weighted by atomic mass is 10.6. The van der Waals surface area contributed by atoms with Crippen molar-refractivity contribution in [2.24, 2.45) is 0 Å². The summed E-state index contributed by atoms with van der Waals surface area (Å²) in [6, 6.07) is 0. The van der Waals surface area contributed by atoms with Crippen molar-refractivity contribution in [3.63, 3.8) is 0 Å². The molecular weight excluding hydrogens is 244 g/mol. The van der Waals surface area contributed by atoms with Crippen molar-refractivity contribution < 1.29 is 8.42 Å². The molecule has 1 heterocycles. The average Bonchev–Trinajstić information content (AvgIpc) is 2.53. The van der Waals surface area contributed by atoms with Gasteiger partial charge in [0.05, 0.1) is 12.7 Å². The van der Waals surface area contributed by atoms with E-state index in [2.05, 4.69) is 21.5 Å². The molecule has 0 unspecified atom stereocenters. The van der Waals surface area contributed by atoms with Crippen LogP contribution in [-0.4, -0.2) is 19.9 Å². The number of hydrogen-bond acceptors (Lipinski definition) is 4. The van der Waals surface area contributed by atoms with Gasteiger partial charge in [0.1, 0.15) is 0 Å². The maximum absolute atomic E-state index is 11.5. The number of halogens is 1. The number of hydrogen-bond donors (Lipinski definition) is 1. The second kappa shape index (κ2) is 4.75. The van der Waals surface area contributed by atoms with Crippen molar-refractivity contribution in [1.82, 2.24) is 9.71 Å². The lowest BCUT2D eigenvalue weighted by Crippen LogP contribution is -2.23. The maximum Gasteiger partial charge on any atom is 0.252 e. The van der Waals surface area contributed by atoms with E-state index in [9.17, 15) is 8.42 Å². The molecule has 0 spiro atoms. The van der Waals surface area contributed by atoms with E-state index in [1.165, 1.54) is 6.20 Å². The zero-order valence-corrected chi connectivity index (χ0v) is 9.63. The van der Waals surface area contributed by atoms with E-state index in [1.807, 2.05) is 0 Å². The molecule has 0 saturated heterocycles. The van der Waals surface area contributed by atoms with Gasteiger partial charge < -0.3 is 0 Å². The van der Waals surface area contributed by atoms with Gasteiger partial charge in [0.15, 0.2) is 8.68 Å². The molecule has 0 atom stereocenters. The summed E-state index contributed by atoms with van der Waals surface area (Å²) in [5.41, 5.74) is 0. The molecule has 1 N–H and O–H groups in total. The number of thiazole rings is 1. The molecule has 0 aromatic carbocycles. The number of nitrogens with one attached hydrogen (secondary N) is 1. The van der Waals surface area contributed by atoms with Gasteiger partial charge in [0, 0.05) is 0 Å². The van der Waals surface area contributed by atoms with E-state index in [4.69, 9.17) is 11.6 Å². The molecule has 0 aliphatic rings. The second-order valence-electron chi connectivity index (χ2n) is 2.18. The fourth-order valence-corrected chi connectivity index (χ4v) is 2.91. The highest BCUT2D eigenvalue weighted by molar-refractivity contribution is 7.91. The largest absolute Gasteiger partial charge is 0.252 e.